The van der Waals surface area contributed by atoms with Crippen LogP contribution >= 0.6 is 0 Å². The molecule has 126 heavy (non-hydrogen) atoms. The first kappa shape index (κ1) is 97.4. The molecule has 33 nitrogen and oxygen atoms in total. The third-order valence-electron chi connectivity index (χ3n) is 27.3. The minimum absolute atomic E-state index is 0. The summed E-state index contributed by atoms with van der Waals surface area (Å²) in [6.07, 6.45) is -11.4. The van der Waals surface area contributed by atoms with Crippen molar-refractivity contribution in [3.8, 4) is 0 Å². The molecule has 10 aliphatic rings. The van der Waals surface area contributed by atoms with Crippen LogP contribution < -0.4 is 10.6 Å². The number of likely N-dealkylation sites (N-methyl/N-ethyl adjacent to an activating group) is 1. The standard InChI is InChI=1S/C47H63N3O13.C46H58N2O13.2H2O/c1-25-17-18-29(48-22-25)34(49-42(55)63-43(4,5)6)35(52)41(54)58-30-21-47(56)39(61-40(53)28-15-13-12-14-16-28)37-45(9,20-19-31-46(37,24-57-31)62-27(3)51)38-36(33(26(30)2)44(47,7)8)59-32(60-38)23-50(10)11;1-11-31-57-35-32-25(3)29(56-40(52)34(50)33(28-18-17-24(2)22-47-28)48-41(53)61-42(5,6)7)21-46(54,43(32,8)9)38(59-39(51)27-15-13-12-14-16-27)36-44(10,37(35)58-31)20-19-30-45(36,23-55-30)60-26(4)49;;/h12-18,22,30-32,34-39,52,56H,19-21,23-24H2,1-11H3,(H,49,55);11-18,22,29-31,33-38,50,54H,1,19-21,23H2,2-10H3,(H,48,53);2*1H2/t30-,31+,32+,34-,35+,36+,37-,38+,39-,45+,46-,47+;29-,30+,31+,33-,34+,35+,36-,37+,38-,44+,45-,46+;;/m00../s1. The number of aliphatic hydroxyl groups excluding tert-OH is 2. The number of carbonyl (C=O) groups excluding carboxylic acids is 8. The van der Waals surface area contributed by atoms with E-state index in [1.165, 1.54) is 32.3 Å². The number of esters is 6. The van der Waals surface area contributed by atoms with E-state index in [2.05, 4.69) is 27.2 Å². The number of carbonyl (C=O) groups is 8. The summed E-state index contributed by atoms with van der Waals surface area (Å²) < 4.78 is 88.8. The van der Waals surface area contributed by atoms with E-state index in [-0.39, 0.29) is 59.5 Å². The number of nitrogens with zero attached hydrogens (tertiary/aromatic N) is 3. The van der Waals surface area contributed by atoms with Gasteiger partial charge < -0.3 is 113 Å². The van der Waals surface area contributed by atoms with Gasteiger partial charge in [0.1, 0.15) is 83.3 Å². The fraction of sp³-hybridized carbons (Fsp3) is 0.613. The molecule has 4 aliphatic heterocycles. The molecule has 2 aromatic carbocycles. The third-order valence-corrected chi connectivity index (χ3v) is 27.3. The highest BCUT2D eigenvalue weighted by Gasteiger charge is 2.80. The molecule has 2 aromatic heterocycles. The van der Waals surface area contributed by atoms with Gasteiger partial charge in [0.25, 0.3) is 0 Å². The van der Waals surface area contributed by atoms with Crippen LogP contribution in [0, 0.1) is 47.3 Å². The molecule has 0 unspecified atom stereocenters. The van der Waals surface area contributed by atoms with Gasteiger partial charge in [-0.15, -0.1) is 0 Å². The second-order valence-electron chi connectivity index (χ2n) is 38.9. The Hall–Kier alpha value is -9.20. The van der Waals surface area contributed by atoms with Crippen LogP contribution in [0.15, 0.2) is 132 Å². The number of nitrogens with one attached hydrogen (secondary N) is 2. The molecule has 0 radical (unpaired) electrons. The number of rotatable bonds is 19. The zero-order chi connectivity index (χ0) is 90.5. The number of pyridine rings is 2. The van der Waals surface area contributed by atoms with Crippen molar-refractivity contribution < 1.29 is 136 Å². The van der Waals surface area contributed by atoms with E-state index in [1.807, 2.05) is 74.4 Å². The maximum atomic E-state index is 14.4. The second-order valence-corrected chi connectivity index (χ2v) is 38.9. The van der Waals surface area contributed by atoms with Gasteiger partial charge in [-0.3, -0.25) is 19.6 Å². The first-order chi connectivity index (χ1) is 58.0. The number of aromatic nitrogens is 2. The van der Waals surface area contributed by atoms with Crippen molar-refractivity contribution in [2.45, 2.75) is 295 Å². The molecule has 0 spiro atoms. The fourth-order valence-corrected chi connectivity index (χ4v) is 21.3. The molecule has 8 fully saturated rings. The summed E-state index contributed by atoms with van der Waals surface area (Å²) >= 11 is 0. The van der Waals surface area contributed by atoms with Crippen LogP contribution in [0.1, 0.15) is 205 Å². The molecule has 4 saturated carbocycles. The summed E-state index contributed by atoms with van der Waals surface area (Å²) in [5.74, 6) is -6.78. The molecule has 6 aliphatic carbocycles. The summed E-state index contributed by atoms with van der Waals surface area (Å²) in [6.45, 7) is 35.4. The molecule has 4 bridgehead atoms. The van der Waals surface area contributed by atoms with Crippen molar-refractivity contribution in [2.24, 2.45) is 33.5 Å². The Balaban J connectivity index is 0.000000241. The van der Waals surface area contributed by atoms with Crippen molar-refractivity contribution in [1.82, 2.24) is 25.5 Å². The second kappa shape index (κ2) is 36.0. The van der Waals surface area contributed by atoms with E-state index in [9.17, 15) is 58.8 Å². The summed E-state index contributed by atoms with van der Waals surface area (Å²) in [4.78, 5) is 121. The minimum atomic E-state index is -2.08. The number of aliphatic hydroxyl groups is 4. The monoisotopic (exact) mass is 1760 g/mol. The Labute approximate surface area is 734 Å². The average Bonchev–Trinajstić information content (AvgIpc) is 1.11. The predicted molar refractivity (Wildman–Crippen MR) is 451 cm³/mol. The first-order valence-electron chi connectivity index (χ1n) is 42.5. The smallest absolute Gasteiger partial charge is 0.408 e. The molecule has 4 aromatic rings. The lowest BCUT2D eigenvalue weighted by Gasteiger charge is -2.68. The molecular weight excluding hydrogens is 1640 g/mol. The van der Waals surface area contributed by atoms with Gasteiger partial charge in [-0.05, 0) is 185 Å². The van der Waals surface area contributed by atoms with Crippen LogP contribution in [0.5, 0.6) is 0 Å². The molecule has 10 N–H and O–H groups in total. The maximum absolute atomic E-state index is 14.4. The van der Waals surface area contributed by atoms with Gasteiger partial charge in [0.05, 0.1) is 59.8 Å². The van der Waals surface area contributed by atoms with Crippen LogP contribution in [-0.4, -0.2) is 248 Å². The lowest BCUT2D eigenvalue weighted by atomic mass is 9.45. The lowest BCUT2D eigenvalue weighted by Crippen LogP contribution is -2.79. The highest BCUT2D eigenvalue weighted by atomic mass is 16.7. The van der Waals surface area contributed by atoms with E-state index in [4.69, 9.17) is 66.3 Å². The summed E-state index contributed by atoms with van der Waals surface area (Å²) in [5.41, 5.74) is -8.64. The number of benzene rings is 2. The Kier molecular flexibility index (Phi) is 27.9. The van der Waals surface area contributed by atoms with E-state index < -0.39 is 213 Å². The Bertz CT molecular complexity index is 4780. The SMILES string of the molecule is C=C[C@@H]1O[C@@H]2C3=C(C)[C@@H](OC(=O)[C@H](O)[C@@H](NC(=O)OC(C)(C)C)c4ccc(C)cn4)C[C@@](O)([C@@H](OC(=O)c4ccccc4)[C@H]4[C@@](C)(CC[C@H]5OC[C@]54OC(C)=O)[C@@H]2O1)C3(C)C.CC(=O)O[C@@]12CO[C@@H]1CC[C@@]1(C)[C@@H]3O[C@H](CN(C)C)O[C@@H]3C3=C(C)[C@@H](OC(=O)[C@H](O)[C@@H](NC(=O)OC(C)(C)C)c4ccc(C)cn4)C[C@@](O)([C@@H](OC(=O)c4ccccc4)[C@@H]12)C3(C)C.O.O. The van der Waals surface area contributed by atoms with Gasteiger partial charge in [-0.25, -0.2) is 28.8 Å². The van der Waals surface area contributed by atoms with Crippen LogP contribution in [0.25, 0.3) is 0 Å². The quantitative estimate of drug-likeness (QED) is 0.0291. The first-order valence-corrected chi connectivity index (χ1v) is 42.5. The van der Waals surface area contributed by atoms with Gasteiger partial charge in [0, 0.05) is 67.3 Å². The van der Waals surface area contributed by atoms with Crippen molar-refractivity contribution in [2.75, 3.05) is 33.9 Å². The summed E-state index contributed by atoms with van der Waals surface area (Å²) in [5, 5.41) is 56.5. The Morgan fingerprint density at radius 3 is 1.27 bits per heavy atom. The molecular formula is C93H125N5O28. The van der Waals surface area contributed by atoms with E-state index in [0.29, 0.717) is 54.5 Å². The van der Waals surface area contributed by atoms with Gasteiger partial charge in [-0.2, -0.15) is 0 Å². The van der Waals surface area contributed by atoms with Crippen molar-refractivity contribution in [3.05, 3.63) is 166 Å². The van der Waals surface area contributed by atoms with Crippen molar-refractivity contribution in [3.63, 3.8) is 0 Å². The molecule has 6 heterocycles. The molecule has 14 rings (SSSR count). The zero-order valence-corrected chi connectivity index (χ0v) is 75.4. The minimum Gasteiger partial charge on any atom is -0.456 e. The van der Waals surface area contributed by atoms with Crippen LogP contribution in [-0.2, 0) is 85.5 Å². The number of ether oxygens (including phenoxy) is 14. The molecule has 33 heteroatoms. The van der Waals surface area contributed by atoms with E-state index >= 15 is 0 Å². The van der Waals surface area contributed by atoms with Crippen molar-refractivity contribution >= 4 is 48.0 Å². The highest BCUT2D eigenvalue weighted by Crippen LogP contribution is 2.69. The van der Waals surface area contributed by atoms with Gasteiger partial charge in [0.2, 0.25) is 0 Å². The Morgan fingerprint density at radius 2 is 0.937 bits per heavy atom. The molecule has 2 amide bonds. The van der Waals surface area contributed by atoms with Crippen molar-refractivity contribution in [1.29, 1.82) is 0 Å². The van der Waals surface area contributed by atoms with Crippen LogP contribution in [0.4, 0.5) is 9.59 Å². The number of amides is 2. The fourth-order valence-electron chi connectivity index (χ4n) is 21.3. The third kappa shape index (κ3) is 17.8. The topological polar surface area (TPSA) is 463 Å². The molecule has 4 saturated heterocycles. The Morgan fingerprint density at radius 1 is 0.556 bits per heavy atom. The largest absolute Gasteiger partial charge is 0.456 e. The van der Waals surface area contributed by atoms with E-state index in [1.54, 1.807) is 140 Å². The average molecular weight is 1760 g/mol. The molecule has 690 valence electrons. The number of hydrogen-bond donors (Lipinski definition) is 6. The number of alkyl carbamates (subject to hydrolysis) is 2. The summed E-state index contributed by atoms with van der Waals surface area (Å²) in [6, 6.07) is 20.5. The number of aryl methyl sites for hydroxylation is 2. The van der Waals surface area contributed by atoms with Crippen LogP contribution in [0.3, 0.4) is 0 Å². The lowest BCUT2D eigenvalue weighted by molar-refractivity contribution is -0.345. The maximum Gasteiger partial charge on any atom is 0.408 e. The zero-order valence-electron chi connectivity index (χ0n) is 75.4. The highest BCUT2D eigenvalue weighted by molar-refractivity contribution is 5.90. The molecule has 24 atom stereocenters. The van der Waals surface area contributed by atoms with Crippen LogP contribution in [0.2, 0.25) is 0 Å². The van der Waals surface area contributed by atoms with Gasteiger partial charge >= 0.3 is 48.0 Å². The van der Waals surface area contributed by atoms with Gasteiger partial charge in [0.15, 0.2) is 36.0 Å². The predicted octanol–water partition coefficient (Wildman–Crippen LogP) is 8.44. The number of hydrogen-bond acceptors (Lipinski definition) is 29. The number of fused-ring (bicyclic) bond motifs is 16. The normalized spacial score (nSPS) is 33.8. The summed E-state index contributed by atoms with van der Waals surface area (Å²) in [7, 11) is 3.80. The van der Waals surface area contributed by atoms with E-state index in [0.717, 1.165) is 11.1 Å². The van der Waals surface area contributed by atoms with Gasteiger partial charge in [-0.1, -0.05) is 96.7 Å².